The first-order valence-electron chi connectivity index (χ1n) is 8.30. The van der Waals surface area contributed by atoms with Crippen molar-refractivity contribution in [3.8, 4) is 17.6 Å². The summed E-state index contributed by atoms with van der Waals surface area (Å²) in [6, 6.07) is 11.3. The van der Waals surface area contributed by atoms with Gasteiger partial charge in [-0.05, 0) is 42.7 Å². The van der Waals surface area contributed by atoms with Gasteiger partial charge in [0.1, 0.15) is 0 Å². The SMILES string of the molecule is CC[C@H](C)Oc1c(Cl)cc(/C=C(/C#N)c2cccc([N+](=O)[O-])c2)cc1OC. The Hall–Kier alpha value is -3.04. The zero-order valence-corrected chi connectivity index (χ0v) is 16.0. The first-order valence-corrected chi connectivity index (χ1v) is 8.68. The van der Waals surface area contributed by atoms with E-state index in [9.17, 15) is 15.4 Å². The summed E-state index contributed by atoms with van der Waals surface area (Å²) in [5, 5.41) is 20.8. The lowest BCUT2D eigenvalue weighted by Gasteiger charge is -2.17. The van der Waals surface area contributed by atoms with Crippen molar-refractivity contribution < 1.29 is 14.4 Å². The van der Waals surface area contributed by atoms with E-state index < -0.39 is 4.92 Å². The van der Waals surface area contributed by atoms with Crippen molar-refractivity contribution in [2.45, 2.75) is 26.4 Å². The van der Waals surface area contributed by atoms with Crippen molar-refractivity contribution in [1.82, 2.24) is 0 Å². The number of non-ortho nitro benzene ring substituents is 1. The number of ether oxygens (including phenoxy) is 2. The Bertz CT molecular complexity index is 919. The Balaban J connectivity index is 2.47. The molecule has 0 aliphatic carbocycles. The predicted molar refractivity (Wildman–Crippen MR) is 105 cm³/mol. The monoisotopic (exact) mass is 386 g/mol. The van der Waals surface area contributed by atoms with Gasteiger partial charge in [0.05, 0.1) is 34.8 Å². The normalized spacial score (nSPS) is 12.2. The second-order valence-corrected chi connectivity index (χ2v) is 6.26. The maximum atomic E-state index is 11.0. The van der Waals surface area contributed by atoms with E-state index in [0.717, 1.165) is 6.42 Å². The van der Waals surface area contributed by atoms with Crippen molar-refractivity contribution in [3.63, 3.8) is 0 Å². The van der Waals surface area contributed by atoms with E-state index in [1.54, 1.807) is 24.3 Å². The van der Waals surface area contributed by atoms with Crippen molar-refractivity contribution in [2.75, 3.05) is 7.11 Å². The van der Waals surface area contributed by atoms with Gasteiger partial charge in [-0.2, -0.15) is 5.26 Å². The summed E-state index contributed by atoms with van der Waals surface area (Å²) in [4.78, 5) is 10.5. The van der Waals surface area contributed by atoms with Crippen LogP contribution in [0.25, 0.3) is 11.6 Å². The summed E-state index contributed by atoms with van der Waals surface area (Å²) in [6.45, 7) is 3.93. The Morgan fingerprint density at radius 3 is 2.74 bits per heavy atom. The highest BCUT2D eigenvalue weighted by molar-refractivity contribution is 6.32. The number of hydrogen-bond acceptors (Lipinski definition) is 5. The van der Waals surface area contributed by atoms with Crippen LogP contribution in [0.4, 0.5) is 5.69 Å². The largest absolute Gasteiger partial charge is 0.493 e. The minimum Gasteiger partial charge on any atom is -0.493 e. The molecular weight excluding hydrogens is 368 g/mol. The smallest absolute Gasteiger partial charge is 0.270 e. The molecule has 6 nitrogen and oxygen atoms in total. The number of benzene rings is 2. The van der Waals surface area contributed by atoms with Crippen LogP contribution in [-0.2, 0) is 0 Å². The topological polar surface area (TPSA) is 85.4 Å². The molecule has 27 heavy (non-hydrogen) atoms. The molecule has 0 N–H and O–H groups in total. The lowest BCUT2D eigenvalue weighted by molar-refractivity contribution is -0.384. The number of nitro benzene ring substituents is 1. The van der Waals surface area contributed by atoms with Gasteiger partial charge in [0.15, 0.2) is 11.5 Å². The molecule has 0 bridgehead atoms. The van der Waals surface area contributed by atoms with Crippen LogP contribution in [0.2, 0.25) is 5.02 Å². The number of allylic oxidation sites excluding steroid dienone is 1. The molecule has 0 aliphatic rings. The molecule has 2 aromatic rings. The summed E-state index contributed by atoms with van der Waals surface area (Å²) in [5.74, 6) is 0.893. The molecule has 1 atom stereocenters. The van der Waals surface area contributed by atoms with E-state index >= 15 is 0 Å². The number of halogens is 1. The van der Waals surface area contributed by atoms with Crippen LogP contribution in [0.15, 0.2) is 36.4 Å². The Kier molecular flexibility index (Phi) is 6.80. The van der Waals surface area contributed by atoms with E-state index in [-0.39, 0.29) is 17.4 Å². The Morgan fingerprint density at radius 2 is 2.15 bits per heavy atom. The van der Waals surface area contributed by atoms with Crippen molar-refractivity contribution >= 4 is 28.9 Å². The average Bonchev–Trinajstić information content (AvgIpc) is 2.67. The first-order chi connectivity index (χ1) is 12.9. The number of nitrogens with zero attached hydrogens (tertiary/aromatic N) is 2. The van der Waals surface area contributed by atoms with Crippen LogP contribution in [0.3, 0.4) is 0 Å². The lowest BCUT2D eigenvalue weighted by atomic mass is 10.0. The van der Waals surface area contributed by atoms with Crippen molar-refractivity contribution in [2.24, 2.45) is 0 Å². The highest BCUT2D eigenvalue weighted by atomic mass is 35.5. The fourth-order valence-electron chi connectivity index (χ4n) is 2.36. The van der Waals surface area contributed by atoms with E-state index in [4.69, 9.17) is 21.1 Å². The van der Waals surface area contributed by atoms with Gasteiger partial charge in [0.2, 0.25) is 0 Å². The number of methoxy groups -OCH3 is 1. The van der Waals surface area contributed by atoms with Gasteiger partial charge in [-0.25, -0.2) is 0 Å². The van der Waals surface area contributed by atoms with E-state index in [1.165, 1.54) is 25.3 Å². The van der Waals surface area contributed by atoms with Gasteiger partial charge in [-0.3, -0.25) is 10.1 Å². The molecule has 0 aliphatic heterocycles. The number of nitriles is 1. The minimum absolute atomic E-state index is 0.0303. The van der Waals surface area contributed by atoms with Crippen LogP contribution < -0.4 is 9.47 Å². The molecule has 0 heterocycles. The van der Waals surface area contributed by atoms with Gasteiger partial charge in [-0.15, -0.1) is 0 Å². The van der Waals surface area contributed by atoms with Crippen molar-refractivity contribution in [3.05, 3.63) is 62.7 Å². The fourth-order valence-corrected chi connectivity index (χ4v) is 2.62. The van der Waals surface area contributed by atoms with Crippen LogP contribution >= 0.6 is 11.6 Å². The molecular formula is C20H19ClN2O4. The molecule has 140 valence electrons. The van der Waals surface area contributed by atoms with Crippen LogP contribution in [0.5, 0.6) is 11.5 Å². The second kappa shape index (κ2) is 9.06. The molecule has 0 amide bonds. The van der Waals surface area contributed by atoms with Crippen LogP contribution in [-0.4, -0.2) is 18.1 Å². The van der Waals surface area contributed by atoms with Crippen molar-refractivity contribution in [1.29, 1.82) is 5.26 Å². The zero-order chi connectivity index (χ0) is 20.0. The third-order valence-electron chi connectivity index (χ3n) is 3.95. The molecule has 0 radical (unpaired) electrons. The summed E-state index contributed by atoms with van der Waals surface area (Å²) in [6.07, 6.45) is 2.38. The molecule has 0 aromatic heterocycles. The van der Waals surface area contributed by atoms with Gasteiger partial charge in [0, 0.05) is 12.1 Å². The maximum Gasteiger partial charge on any atom is 0.270 e. The molecule has 0 unspecified atom stereocenters. The highest BCUT2D eigenvalue weighted by Gasteiger charge is 2.15. The van der Waals surface area contributed by atoms with Gasteiger partial charge < -0.3 is 9.47 Å². The standard InChI is InChI=1S/C20H19ClN2O4/c1-4-13(2)27-20-18(21)9-14(10-19(20)26-3)8-16(12-22)15-6-5-7-17(11-15)23(24)25/h5-11,13H,4H2,1-3H3/b16-8-/t13-/m0/s1. The van der Waals surface area contributed by atoms with Gasteiger partial charge >= 0.3 is 0 Å². The summed E-state index contributed by atoms with van der Waals surface area (Å²) in [5.41, 5.74) is 1.26. The van der Waals surface area contributed by atoms with E-state index in [2.05, 4.69) is 6.07 Å². The number of hydrogen-bond donors (Lipinski definition) is 0. The summed E-state index contributed by atoms with van der Waals surface area (Å²) >= 11 is 6.35. The average molecular weight is 387 g/mol. The molecule has 0 spiro atoms. The fraction of sp³-hybridized carbons (Fsp3) is 0.250. The number of rotatable bonds is 7. The minimum atomic E-state index is -0.501. The third-order valence-corrected chi connectivity index (χ3v) is 4.23. The molecule has 7 heteroatoms. The predicted octanol–water partition coefficient (Wildman–Crippen LogP) is 5.50. The summed E-state index contributed by atoms with van der Waals surface area (Å²) in [7, 11) is 1.51. The molecule has 0 saturated carbocycles. The maximum absolute atomic E-state index is 11.0. The second-order valence-electron chi connectivity index (χ2n) is 5.85. The zero-order valence-electron chi connectivity index (χ0n) is 15.2. The molecule has 2 aromatic carbocycles. The van der Waals surface area contributed by atoms with Crippen LogP contribution in [0, 0.1) is 21.4 Å². The lowest BCUT2D eigenvalue weighted by Crippen LogP contribution is -2.11. The Labute approximate surface area is 162 Å². The van der Waals surface area contributed by atoms with Gasteiger partial charge in [0.25, 0.3) is 5.69 Å². The molecule has 0 saturated heterocycles. The molecule has 2 rings (SSSR count). The third kappa shape index (κ3) is 4.99. The van der Waals surface area contributed by atoms with E-state index in [0.29, 0.717) is 27.6 Å². The van der Waals surface area contributed by atoms with E-state index in [1.807, 2.05) is 13.8 Å². The highest BCUT2D eigenvalue weighted by Crippen LogP contribution is 2.38. The quantitative estimate of drug-likeness (QED) is 0.271. The summed E-state index contributed by atoms with van der Waals surface area (Å²) < 4.78 is 11.2. The number of nitro groups is 1. The van der Waals surface area contributed by atoms with Crippen LogP contribution in [0.1, 0.15) is 31.4 Å². The van der Waals surface area contributed by atoms with Gasteiger partial charge in [-0.1, -0.05) is 30.7 Å². The Morgan fingerprint density at radius 1 is 1.41 bits per heavy atom. The molecule has 0 fully saturated rings. The first kappa shape index (κ1) is 20.3.